The van der Waals surface area contributed by atoms with Crippen LogP contribution in [0.1, 0.15) is 57.8 Å². The Morgan fingerprint density at radius 2 is 1.07 bits per heavy atom. The predicted octanol–water partition coefficient (Wildman–Crippen LogP) is 4.48. The maximum Gasteiger partial charge on any atom is 0.125 e. The highest BCUT2D eigenvalue weighted by Gasteiger charge is 1.92. The molecule has 0 aliphatic rings. The van der Waals surface area contributed by atoms with Gasteiger partial charge < -0.3 is 0 Å². The molecule has 0 spiro atoms. The van der Waals surface area contributed by atoms with Crippen LogP contribution in [0.15, 0.2) is 0 Å². The second kappa shape index (κ2) is 13.8. The zero-order valence-electron chi connectivity index (χ0n) is 9.24. The molecule has 0 amide bonds. The quantitative estimate of drug-likeness (QED) is 0.221. The minimum atomic E-state index is -0.180. The van der Waals surface area contributed by atoms with Crippen molar-refractivity contribution in [3.05, 3.63) is 0 Å². The van der Waals surface area contributed by atoms with Crippen LogP contribution in [0.2, 0.25) is 6.04 Å². The van der Waals surface area contributed by atoms with Gasteiger partial charge in [0.25, 0.3) is 0 Å². The Kier molecular flexibility index (Phi) is 14.6. The predicted molar refractivity (Wildman–Crippen MR) is 71.5 cm³/mol. The topological polar surface area (TPSA) is 0 Å². The summed E-state index contributed by atoms with van der Waals surface area (Å²) in [4.78, 5) is 0. The van der Waals surface area contributed by atoms with E-state index in [2.05, 4.69) is 0 Å². The van der Waals surface area contributed by atoms with Crippen LogP contribution in [-0.2, 0) is 0 Å². The smallest absolute Gasteiger partial charge is 0.125 e. The average Bonchev–Trinajstić information content (AvgIpc) is 2.21. The third-order valence-electron chi connectivity index (χ3n) is 2.52. The molecular weight excluding hydrogens is 231 g/mol. The molecular formula is C11H24Cl2Si. The zero-order chi connectivity index (χ0) is 10.5. The third kappa shape index (κ3) is 12.8. The highest BCUT2D eigenvalue weighted by molar-refractivity contribution is 6.93. The third-order valence-corrected chi connectivity index (χ3v) is 4.35. The number of alkyl halides is 1. The van der Waals surface area contributed by atoms with Crippen molar-refractivity contribution in [2.24, 2.45) is 0 Å². The second-order valence-corrected chi connectivity index (χ2v) is 6.51. The van der Waals surface area contributed by atoms with E-state index in [4.69, 9.17) is 22.7 Å². The molecule has 0 atom stereocenters. The van der Waals surface area contributed by atoms with Crippen molar-refractivity contribution in [2.45, 2.75) is 63.8 Å². The van der Waals surface area contributed by atoms with Gasteiger partial charge in [0.05, 0.1) is 0 Å². The molecule has 0 rings (SSSR count). The largest absolute Gasteiger partial charge is 0.176 e. The van der Waals surface area contributed by atoms with Crippen molar-refractivity contribution in [3.8, 4) is 0 Å². The van der Waals surface area contributed by atoms with Crippen LogP contribution >= 0.6 is 22.7 Å². The maximum absolute atomic E-state index is 5.74. The Labute approximate surface area is 101 Å². The van der Waals surface area contributed by atoms with E-state index >= 15 is 0 Å². The normalized spacial score (nSPS) is 11.6. The first-order valence-corrected chi connectivity index (χ1v) is 9.71. The summed E-state index contributed by atoms with van der Waals surface area (Å²) in [5, 5.41) is 0. The number of halogens is 2. The van der Waals surface area contributed by atoms with E-state index in [0.29, 0.717) is 0 Å². The average molecular weight is 255 g/mol. The van der Waals surface area contributed by atoms with Crippen molar-refractivity contribution in [3.63, 3.8) is 0 Å². The van der Waals surface area contributed by atoms with Crippen LogP contribution in [0, 0.1) is 0 Å². The lowest BCUT2D eigenvalue weighted by atomic mass is 10.1. The molecule has 0 unspecified atom stereocenters. The number of hydrogen-bond acceptors (Lipinski definition) is 0. The summed E-state index contributed by atoms with van der Waals surface area (Å²) < 4.78 is 0. The molecule has 14 heavy (non-hydrogen) atoms. The van der Waals surface area contributed by atoms with Gasteiger partial charge in [0.15, 0.2) is 0 Å². The van der Waals surface area contributed by atoms with Crippen LogP contribution in [0.3, 0.4) is 0 Å². The van der Waals surface area contributed by atoms with Crippen LogP contribution in [0.25, 0.3) is 0 Å². The molecule has 0 bridgehead atoms. The summed E-state index contributed by atoms with van der Waals surface area (Å²) in [7, 11) is -0.180. The molecule has 0 N–H and O–H groups in total. The summed E-state index contributed by atoms with van der Waals surface area (Å²) >= 11 is 11.3. The van der Waals surface area contributed by atoms with Gasteiger partial charge in [-0.3, -0.25) is 0 Å². The Morgan fingerprint density at radius 1 is 0.643 bits per heavy atom. The second-order valence-electron chi connectivity index (χ2n) is 3.91. The fraction of sp³-hybridized carbons (Fsp3) is 1.00. The highest BCUT2D eigenvalue weighted by atomic mass is 35.6. The Bertz CT molecular complexity index is 87.3. The van der Waals surface area contributed by atoms with Crippen molar-refractivity contribution in [1.82, 2.24) is 0 Å². The molecule has 86 valence electrons. The Morgan fingerprint density at radius 3 is 1.50 bits per heavy atom. The minimum Gasteiger partial charge on any atom is -0.176 e. The van der Waals surface area contributed by atoms with E-state index < -0.39 is 0 Å². The van der Waals surface area contributed by atoms with Gasteiger partial charge in [-0.1, -0.05) is 51.4 Å². The lowest BCUT2D eigenvalue weighted by Crippen LogP contribution is -1.83. The fourth-order valence-electron chi connectivity index (χ4n) is 1.60. The molecule has 0 aromatic carbocycles. The Balaban J connectivity index is 2.78. The maximum atomic E-state index is 5.74. The van der Waals surface area contributed by atoms with Gasteiger partial charge in [-0.15, -0.1) is 11.6 Å². The molecule has 0 saturated heterocycles. The van der Waals surface area contributed by atoms with Crippen LogP contribution in [0.5, 0.6) is 0 Å². The zero-order valence-corrected chi connectivity index (χ0v) is 12.2. The van der Waals surface area contributed by atoms with Crippen molar-refractivity contribution in [2.75, 3.05) is 5.88 Å². The molecule has 0 aromatic rings. The first-order chi connectivity index (χ1) is 6.91. The summed E-state index contributed by atoms with van der Waals surface area (Å²) in [5.41, 5.74) is 0. The van der Waals surface area contributed by atoms with Crippen LogP contribution in [0.4, 0.5) is 0 Å². The van der Waals surface area contributed by atoms with E-state index in [1.54, 1.807) is 0 Å². The molecule has 0 nitrogen and oxygen atoms in total. The van der Waals surface area contributed by atoms with Gasteiger partial charge in [-0.25, -0.2) is 0 Å². The molecule has 0 radical (unpaired) electrons. The Hall–Kier alpha value is 0.797. The van der Waals surface area contributed by atoms with Gasteiger partial charge in [0.1, 0.15) is 8.83 Å². The van der Waals surface area contributed by atoms with Gasteiger partial charge in [-0.2, -0.15) is 11.1 Å². The molecule has 0 aromatic heterocycles. The molecule has 0 fully saturated rings. The number of hydrogen-bond donors (Lipinski definition) is 0. The van der Waals surface area contributed by atoms with E-state index in [9.17, 15) is 0 Å². The molecule has 0 saturated carbocycles. The fourth-order valence-corrected chi connectivity index (χ4v) is 2.90. The number of rotatable bonds is 11. The molecule has 0 heterocycles. The molecule has 0 aliphatic carbocycles. The lowest BCUT2D eigenvalue weighted by Gasteiger charge is -2.00. The van der Waals surface area contributed by atoms with Gasteiger partial charge in [0, 0.05) is 5.88 Å². The van der Waals surface area contributed by atoms with E-state index in [0.717, 1.165) is 5.88 Å². The first kappa shape index (κ1) is 14.8. The lowest BCUT2D eigenvalue weighted by molar-refractivity contribution is 0.573. The summed E-state index contributed by atoms with van der Waals surface area (Å²) in [6.45, 7) is 0. The number of unbranched alkanes of at least 4 members (excludes halogenated alkanes) is 8. The van der Waals surface area contributed by atoms with E-state index in [1.165, 1.54) is 63.8 Å². The molecule has 3 heteroatoms. The van der Waals surface area contributed by atoms with Gasteiger partial charge in [0.2, 0.25) is 0 Å². The monoisotopic (exact) mass is 254 g/mol. The summed E-state index contributed by atoms with van der Waals surface area (Å²) in [5.74, 6) is 0.836. The summed E-state index contributed by atoms with van der Waals surface area (Å²) in [6, 6.07) is 1.33. The van der Waals surface area contributed by atoms with Gasteiger partial charge >= 0.3 is 0 Å². The van der Waals surface area contributed by atoms with Gasteiger partial charge in [-0.05, 0) is 12.5 Å². The van der Waals surface area contributed by atoms with Crippen molar-refractivity contribution < 1.29 is 0 Å². The van der Waals surface area contributed by atoms with Crippen LogP contribution < -0.4 is 0 Å². The minimum absolute atomic E-state index is 0.180. The van der Waals surface area contributed by atoms with Crippen LogP contribution in [-0.4, -0.2) is 14.7 Å². The van der Waals surface area contributed by atoms with E-state index in [-0.39, 0.29) is 8.83 Å². The first-order valence-electron chi connectivity index (χ1n) is 6.03. The SMILES string of the molecule is ClCCCCCCCCCCC[SiH2]Cl. The van der Waals surface area contributed by atoms with Crippen molar-refractivity contribution >= 4 is 31.5 Å². The summed E-state index contributed by atoms with van der Waals surface area (Å²) in [6.07, 6.45) is 12.3. The van der Waals surface area contributed by atoms with Crippen molar-refractivity contribution in [1.29, 1.82) is 0 Å². The van der Waals surface area contributed by atoms with E-state index in [1.807, 2.05) is 0 Å². The molecule has 0 aliphatic heterocycles. The highest BCUT2D eigenvalue weighted by Crippen LogP contribution is 2.10. The standard InChI is InChI=1S/C11H24Cl2Si/c12-10-8-6-4-2-1-3-5-7-9-11-14-13/h1-11,14H2.